The highest BCUT2D eigenvalue weighted by Gasteiger charge is 2.51. The minimum absolute atomic E-state index is 0.194. The van der Waals surface area contributed by atoms with Gasteiger partial charge in [0.25, 0.3) is 5.91 Å². The Morgan fingerprint density at radius 3 is 2.50 bits per heavy atom. The van der Waals surface area contributed by atoms with Gasteiger partial charge in [-0.3, -0.25) is 10.0 Å². The minimum atomic E-state index is -0.706. The number of halogens is 1. The van der Waals surface area contributed by atoms with Gasteiger partial charge < -0.3 is 5.32 Å². The summed E-state index contributed by atoms with van der Waals surface area (Å²) in [4.78, 5) is 23.8. The van der Waals surface area contributed by atoms with Crippen molar-refractivity contribution in [1.82, 2.24) is 10.4 Å². The Kier molecular flexibility index (Phi) is 3.91. The maximum absolute atomic E-state index is 12.1. The van der Waals surface area contributed by atoms with Crippen molar-refractivity contribution >= 4 is 23.5 Å². The van der Waals surface area contributed by atoms with Crippen molar-refractivity contribution in [2.45, 2.75) is 56.4 Å². The van der Waals surface area contributed by atoms with Crippen LogP contribution in [0.1, 0.15) is 44.9 Å². The average Bonchev–Trinajstić information content (AvgIpc) is 2.46. The SMILES string of the molecule is O=C1NC2C(C3CCCCC3)CCC(Cl)C2C(=O)N1O. The van der Waals surface area contributed by atoms with E-state index in [1.165, 1.54) is 32.1 Å². The van der Waals surface area contributed by atoms with Crippen LogP contribution in [-0.2, 0) is 4.79 Å². The first-order chi connectivity index (χ1) is 9.59. The number of imide groups is 1. The molecule has 2 N–H and O–H groups in total. The molecule has 0 aromatic rings. The Bertz CT molecular complexity index is 411. The predicted molar refractivity (Wildman–Crippen MR) is 73.4 cm³/mol. The first-order valence-corrected chi connectivity index (χ1v) is 8.00. The van der Waals surface area contributed by atoms with E-state index in [9.17, 15) is 14.8 Å². The van der Waals surface area contributed by atoms with E-state index in [4.69, 9.17) is 11.6 Å². The number of nitrogens with one attached hydrogen (secondary N) is 1. The normalized spacial score (nSPS) is 39.4. The van der Waals surface area contributed by atoms with E-state index < -0.39 is 17.9 Å². The average molecular weight is 301 g/mol. The molecule has 0 aromatic carbocycles. The topological polar surface area (TPSA) is 69.6 Å². The number of carbonyl (C=O) groups excluding carboxylic acids is 2. The summed E-state index contributed by atoms with van der Waals surface area (Å²) in [6.07, 6.45) is 7.83. The molecule has 0 radical (unpaired) electrons. The van der Waals surface area contributed by atoms with Gasteiger partial charge >= 0.3 is 6.03 Å². The summed E-state index contributed by atoms with van der Waals surface area (Å²) in [5.41, 5.74) is 0. The molecule has 3 fully saturated rings. The van der Waals surface area contributed by atoms with Crippen LogP contribution in [0.15, 0.2) is 0 Å². The first-order valence-electron chi connectivity index (χ1n) is 7.57. The molecule has 112 valence electrons. The fourth-order valence-corrected chi connectivity index (χ4v) is 4.63. The lowest BCUT2D eigenvalue weighted by atomic mass is 9.66. The van der Waals surface area contributed by atoms with Crippen LogP contribution in [0.5, 0.6) is 0 Å². The van der Waals surface area contributed by atoms with Crippen LogP contribution in [0.4, 0.5) is 4.79 Å². The highest BCUT2D eigenvalue weighted by atomic mass is 35.5. The molecule has 0 aromatic heterocycles. The third-order valence-electron chi connectivity index (χ3n) is 5.25. The summed E-state index contributed by atoms with van der Waals surface area (Å²) in [5, 5.41) is 12.2. The molecule has 1 aliphatic heterocycles. The molecule has 3 amide bonds. The lowest BCUT2D eigenvalue weighted by molar-refractivity contribution is -0.165. The van der Waals surface area contributed by atoms with E-state index in [1.807, 2.05) is 0 Å². The number of fused-ring (bicyclic) bond motifs is 1. The number of hydrogen-bond donors (Lipinski definition) is 2. The van der Waals surface area contributed by atoms with E-state index in [0.717, 1.165) is 12.8 Å². The molecule has 6 heteroatoms. The van der Waals surface area contributed by atoms with E-state index in [-0.39, 0.29) is 16.5 Å². The maximum Gasteiger partial charge on any atom is 0.348 e. The number of hydroxylamine groups is 2. The number of hydrogen-bond acceptors (Lipinski definition) is 3. The molecule has 4 atom stereocenters. The largest absolute Gasteiger partial charge is 0.348 e. The van der Waals surface area contributed by atoms with Crippen LogP contribution >= 0.6 is 11.6 Å². The Morgan fingerprint density at radius 2 is 1.80 bits per heavy atom. The van der Waals surface area contributed by atoms with Crippen molar-refractivity contribution in [2.75, 3.05) is 0 Å². The summed E-state index contributed by atoms with van der Waals surface area (Å²) < 4.78 is 0. The lowest BCUT2D eigenvalue weighted by Crippen LogP contribution is -2.65. The molecule has 2 saturated carbocycles. The summed E-state index contributed by atoms with van der Waals surface area (Å²) in [7, 11) is 0. The van der Waals surface area contributed by atoms with Gasteiger partial charge in [-0.25, -0.2) is 4.79 Å². The second-order valence-electron chi connectivity index (χ2n) is 6.31. The fourth-order valence-electron chi connectivity index (χ4n) is 4.24. The van der Waals surface area contributed by atoms with Gasteiger partial charge in [0.2, 0.25) is 0 Å². The first kappa shape index (κ1) is 14.1. The molecule has 2 aliphatic carbocycles. The molecule has 0 spiro atoms. The van der Waals surface area contributed by atoms with Gasteiger partial charge in [-0.05, 0) is 24.7 Å². The van der Waals surface area contributed by atoms with Gasteiger partial charge in [-0.1, -0.05) is 32.1 Å². The van der Waals surface area contributed by atoms with Crippen molar-refractivity contribution in [3.05, 3.63) is 0 Å². The Morgan fingerprint density at radius 1 is 1.10 bits per heavy atom. The zero-order valence-electron chi connectivity index (χ0n) is 11.4. The molecular formula is C14H21ClN2O3. The zero-order valence-corrected chi connectivity index (χ0v) is 12.2. The summed E-state index contributed by atoms with van der Waals surface area (Å²) in [5.74, 6) is -0.144. The Hall–Kier alpha value is -0.810. The van der Waals surface area contributed by atoms with Gasteiger partial charge in [-0.15, -0.1) is 16.7 Å². The second kappa shape index (κ2) is 5.53. The lowest BCUT2D eigenvalue weighted by Gasteiger charge is -2.47. The number of rotatable bonds is 1. The highest BCUT2D eigenvalue weighted by molar-refractivity contribution is 6.22. The van der Waals surface area contributed by atoms with Crippen LogP contribution in [-0.4, -0.2) is 33.6 Å². The van der Waals surface area contributed by atoms with Crippen molar-refractivity contribution in [3.63, 3.8) is 0 Å². The number of urea groups is 1. The monoisotopic (exact) mass is 300 g/mol. The molecule has 3 aliphatic rings. The van der Waals surface area contributed by atoms with E-state index in [1.54, 1.807) is 0 Å². The zero-order chi connectivity index (χ0) is 14.3. The Labute approximate surface area is 123 Å². The number of alkyl halides is 1. The third kappa shape index (κ3) is 2.31. The van der Waals surface area contributed by atoms with Crippen molar-refractivity contribution in [1.29, 1.82) is 0 Å². The van der Waals surface area contributed by atoms with E-state index >= 15 is 0 Å². The number of carbonyl (C=O) groups is 2. The predicted octanol–water partition coefficient (Wildman–Crippen LogP) is 2.51. The third-order valence-corrected chi connectivity index (χ3v) is 5.74. The molecule has 1 saturated heterocycles. The fraction of sp³-hybridized carbons (Fsp3) is 0.857. The number of amides is 3. The van der Waals surface area contributed by atoms with Crippen LogP contribution in [0, 0.1) is 17.8 Å². The second-order valence-corrected chi connectivity index (χ2v) is 6.87. The van der Waals surface area contributed by atoms with Crippen molar-refractivity contribution in [2.24, 2.45) is 17.8 Å². The maximum atomic E-state index is 12.1. The summed E-state index contributed by atoms with van der Waals surface area (Å²) in [6, 6.07) is -0.916. The molecule has 1 heterocycles. The highest BCUT2D eigenvalue weighted by Crippen LogP contribution is 2.43. The molecule has 5 nitrogen and oxygen atoms in total. The van der Waals surface area contributed by atoms with E-state index in [0.29, 0.717) is 11.8 Å². The van der Waals surface area contributed by atoms with Crippen LogP contribution < -0.4 is 5.32 Å². The molecule has 0 bridgehead atoms. The van der Waals surface area contributed by atoms with Gasteiger partial charge in [0, 0.05) is 11.4 Å². The van der Waals surface area contributed by atoms with Gasteiger partial charge in [0.15, 0.2) is 0 Å². The molecule has 20 heavy (non-hydrogen) atoms. The summed E-state index contributed by atoms with van der Waals surface area (Å²) >= 11 is 6.29. The van der Waals surface area contributed by atoms with Gasteiger partial charge in [-0.2, -0.15) is 0 Å². The molecular weight excluding hydrogens is 280 g/mol. The standard InChI is InChI=1S/C14H21ClN2O3/c15-10-7-6-9(8-4-2-1-3-5-8)12-11(10)13(18)17(20)14(19)16-12/h8-12,20H,1-7H2,(H,16,19). The smallest absolute Gasteiger partial charge is 0.332 e. The molecule has 3 rings (SSSR count). The number of nitrogens with zero attached hydrogens (tertiary/aromatic N) is 1. The van der Waals surface area contributed by atoms with Crippen LogP contribution in [0.2, 0.25) is 0 Å². The van der Waals surface area contributed by atoms with Crippen molar-refractivity contribution < 1.29 is 14.8 Å². The van der Waals surface area contributed by atoms with E-state index in [2.05, 4.69) is 5.32 Å². The quantitative estimate of drug-likeness (QED) is 0.577. The van der Waals surface area contributed by atoms with Crippen molar-refractivity contribution in [3.8, 4) is 0 Å². The molecule has 4 unspecified atom stereocenters. The van der Waals surface area contributed by atoms with Gasteiger partial charge in [0.1, 0.15) is 0 Å². The summed E-state index contributed by atoms with van der Waals surface area (Å²) in [6.45, 7) is 0. The van der Waals surface area contributed by atoms with Crippen LogP contribution in [0.25, 0.3) is 0 Å². The van der Waals surface area contributed by atoms with Crippen LogP contribution in [0.3, 0.4) is 0 Å². The Balaban J connectivity index is 1.83. The minimum Gasteiger partial charge on any atom is -0.332 e. The van der Waals surface area contributed by atoms with Gasteiger partial charge in [0.05, 0.1) is 5.92 Å².